The third-order valence-electron chi connectivity index (χ3n) is 3.89. The standard InChI is InChI=1S/C15H18N8O3/c1-10-14(23(25)26)11(2)22(18-10)9-21-5-4-13(19-21)15(24)16-6-12-7-17-20(3)8-12/h4-5,7-8H,6,9H2,1-3H3,(H,16,24). The molecule has 0 saturated heterocycles. The SMILES string of the molecule is Cc1nn(Cn2ccc(C(=O)NCc3cnn(C)c3)n2)c(C)c1[N+](=O)[O-]. The summed E-state index contributed by atoms with van der Waals surface area (Å²) >= 11 is 0. The summed E-state index contributed by atoms with van der Waals surface area (Å²) in [6.45, 7) is 3.74. The molecule has 3 aromatic heterocycles. The Labute approximate surface area is 148 Å². The van der Waals surface area contributed by atoms with Crippen molar-refractivity contribution in [2.24, 2.45) is 7.05 Å². The molecule has 0 spiro atoms. The average molecular weight is 358 g/mol. The van der Waals surface area contributed by atoms with Gasteiger partial charge in [-0.05, 0) is 19.9 Å². The Hall–Kier alpha value is -3.50. The summed E-state index contributed by atoms with van der Waals surface area (Å²) < 4.78 is 4.64. The first-order valence-electron chi connectivity index (χ1n) is 7.82. The molecule has 3 heterocycles. The zero-order valence-electron chi connectivity index (χ0n) is 14.6. The summed E-state index contributed by atoms with van der Waals surface area (Å²) in [7, 11) is 1.80. The Morgan fingerprint density at radius 2 is 2.12 bits per heavy atom. The van der Waals surface area contributed by atoms with Crippen molar-refractivity contribution in [3.05, 3.63) is 57.4 Å². The Morgan fingerprint density at radius 3 is 2.73 bits per heavy atom. The molecule has 0 aliphatic carbocycles. The molecule has 11 nitrogen and oxygen atoms in total. The van der Waals surface area contributed by atoms with Crippen molar-refractivity contribution < 1.29 is 9.72 Å². The van der Waals surface area contributed by atoms with Crippen LogP contribution in [0, 0.1) is 24.0 Å². The second-order valence-corrected chi connectivity index (χ2v) is 5.86. The predicted octanol–water partition coefficient (Wildman–Crippen LogP) is 0.774. The molecule has 0 aliphatic heterocycles. The van der Waals surface area contributed by atoms with Crippen molar-refractivity contribution in [1.82, 2.24) is 34.7 Å². The highest BCUT2D eigenvalue weighted by molar-refractivity contribution is 5.92. The number of aryl methyl sites for hydroxylation is 2. The maximum atomic E-state index is 12.2. The molecule has 0 bridgehead atoms. The van der Waals surface area contributed by atoms with Crippen LogP contribution in [0.15, 0.2) is 24.7 Å². The highest BCUT2D eigenvalue weighted by Crippen LogP contribution is 2.21. The molecule has 0 atom stereocenters. The van der Waals surface area contributed by atoms with E-state index in [1.54, 1.807) is 44.0 Å². The van der Waals surface area contributed by atoms with E-state index in [4.69, 9.17) is 0 Å². The number of nitrogens with one attached hydrogen (secondary N) is 1. The van der Waals surface area contributed by atoms with E-state index in [9.17, 15) is 14.9 Å². The highest BCUT2D eigenvalue weighted by atomic mass is 16.6. The molecule has 136 valence electrons. The van der Waals surface area contributed by atoms with Crippen molar-refractivity contribution in [2.75, 3.05) is 0 Å². The molecule has 0 saturated carbocycles. The largest absolute Gasteiger partial charge is 0.346 e. The van der Waals surface area contributed by atoms with Gasteiger partial charge in [0.25, 0.3) is 5.91 Å². The zero-order chi connectivity index (χ0) is 18.8. The van der Waals surface area contributed by atoms with E-state index in [1.165, 1.54) is 9.36 Å². The first-order valence-corrected chi connectivity index (χ1v) is 7.82. The van der Waals surface area contributed by atoms with E-state index in [-0.39, 0.29) is 24.0 Å². The van der Waals surface area contributed by atoms with Gasteiger partial charge in [-0.1, -0.05) is 0 Å². The number of nitrogens with zero attached hydrogens (tertiary/aromatic N) is 7. The number of amides is 1. The second-order valence-electron chi connectivity index (χ2n) is 5.86. The van der Waals surface area contributed by atoms with Crippen LogP contribution in [0.25, 0.3) is 0 Å². The summed E-state index contributed by atoms with van der Waals surface area (Å²) in [5, 5.41) is 26.2. The van der Waals surface area contributed by atoms with E-state index in [2.05, 4.69) is 20.6 Å². The lowest BCUT2D eigenvalue weighted by atomic mass is 10.3. The van der Waals surface area contributed by atoms with Crippen LogP contribution in [0.1, 0.15) is 27.4 Å². The third-order valence-corrected chi connectivity index (χ3v) is 3.89. The monoisotopic (exact) mass is 358 g/mol. The first-order chi connectivity index (χ1) is 12.3. The van der Waals surface area contributed by atoms with E-state index >= 15 is 0 Å². The van der Waals surface area contributed by atoms with Crippen LogP contribution < -0.4 is 5.32 Å². The third kappa shape index (κ3) is 3.45. The molecule has 11 heteroatoms. The van der Waals surface area contributed by atoms with Gasteiger partial charge in [0.2, 0.25) is 0 Å². The summed E-state index contributed by atoms with van der Waals surface area (Å²) in [5.74, 6) is -0.313. The van der Waals surface area contributed by atoms with E-state index in [0.29, 0.717) is 17.9 Å². The van der Waals surface area contributed by atoms with Gasteiger partial charge in [0.1, 0.15) is 23.8 Å². The van der Waals surface area contributed by atoms with Crippen LogP contribution in [0.2, 0.25) is 0 Å². The maximum Gasteiger partial charge on any atom is 0.312 e. The topological polar surface area (TPSA) is 126 Å². The molecule has 3 rings (SSSR count). The minimum absolute atomic E-state index is 0.00778. The van der Waals surface area contributed by atoms with E-state index in [1.807, 2.05) is 6.20 Å². The zero-order valence-corrected chi connectivity index (χ0v) is 14.6. The number of carbonyl (C=O) groups is 1. The molecule has 0 radical (unpaired) electrons. The summed E-state index contributed by atoms with van der Waals surface area (Å²) in [6, 6.07) is 1.58. The van der Waals surface area contributed by atoms with Gasteiger partial charge in [0.15, 0.2) is 0 Å². The molecule has 0 aromatic carbocycles. The van der Waals surface area contributed by atoms with Crippen molar-refractivity contribution in [3.63, 3.8) is 0 Å². The van der Waals surface area contributed by atoms with E-state index < -0.39 is 4.92 Å². The lowest BCUT2D eigenvalue weighted by molar-refractivity contribution is -0.386. The summed E-state index contributed by atoms with van der Waals surface area (Å²) in [5.41, 5.74) is 1.91. The van der Waals surface area contributed by atoms with Crippen LogP contribution in [0.3, 0.4) is 0 Å². The van der Waals surface area contributed by atoms with Crippen LogP contribution in [0.4, 0.5) is 5.69 Å². The van der Waals surface area contributed by atoms with Crippen LogP contribution in [-0.4, -0.2) is 40.2 Å². The number of nitro groups is 1. The minimum atomic E-state index is -0.450. The van der Waals surface area contributed by atoms with Crippen LogP contribution in [-0.2, 0) is 20.3 Å². The highest BCUT2D eigenvalue weighted by Gasteiger charge is 2.22. The summed E-state index contributed by atoms with van der Waals surface area (Å²) in [6.07, 6.45) is 5.12. The molecular formula is C15H18N8O3. The van der Waals surface area contributed by atoms with E-state index in [0.717, 1.165) is 5.56 Å². The maximum absolute atomic E-state index is 12.2. The van der Waals surface area contributed by atoms with Crippen molar-refractivity contribution in [3.8, 4) is 0 Å². The number of aromatic nitrogens is 6. The van der Waals surface area contributed by atoms with Gasteiger partial charge in [0.05, 0.1) is 11.1 Å². The Kier molecular flexibility index (Phi) is 4.52. The normalized spacial score (nSPS) is 10.9. The molecule has 26 heavy (non-hydrogen) atoms. The van der Waals surface area contributed by atoms with Crippen LogP contribution >= 0.6 is 0 Å². The predicted molar refractivity (Wildman–Crippen MR) is 90.4 cm³/mol. The molecular weight excluding hydrogens is 340 g/mol. The molecule has 1 N–H and O–H groups in total. The van der Waals surface area contributed by atoms with Gasteiger partial charge in [-0.15, -0.1) is 0 Å². The fraction of sp³-hybridized carbons (Fsp3) is 0.333. The first kappa shape index (κ1) is 17.3. The molecule has 0 aliphatic rings. The fourth-order valence-electron chi connectivity index (χ4n) is 2.62. The second kappa shape index (κ2) is 6.78. The molecule has 0 fully saturated rings. The Bertz CT molecular complexity index is 968. The van der Waals surface area contributed by atoms with Gasteiger partial charge < -0.3 is 5.32 Å². The molecule has 3 aromatic rings. The quantitative estimate of drug-likeness (QED) is 0.512. The van der Waals surface area contributed by atoms with Crippen LogP contribution in [0.5, 0.6) is 0 Å². The van der Waals surface area contributed by atoms with Crippen molar-refractivity contribution in [1.29, 1.82) is 0 Å². The Morgan fingerprint density at radius 1 is 1.35 bits per heavy atom. The van der Waals surface area contributed by atoms with Gasteiger partial charge in [0, 0.05) is 31.5 Å². The Balaban J connectivity index is 1.67. The van der Waals surface area contributed by atoms with Gasteiger partial charge in [-0.3, -0.25) is 24.3 Å². The summed E-state index contributed by atoms with van der Waals surface area (Å²) in [4.78, 5) is 22.8. The molecule has 1 amide bonds. The van der Waals surface area contributed by atoms with Gasteiger partial charge in [-0.25, -0.2) is 4.68 Å². The van der Waals surface area contributed by atoms with Gasteiger partial charge >= 0.3 is 5.69 Å². The van der Waals surface area contributed by atoms with Crippen molar-refractivity contribution in [2.45, 2.75) is 27.1 Å². The lowest BCUT2D eigenvalue weighted by Gasteiger charge is -2.04. The van der Waals surface area contributed by atoms with Gasteiger partial charge in [-0.2, -0.15) is 15.3 Å². The minimum Gasteiger partial charge on any atom is -0.346 e. The fourth-order valence-corrected chi connectivity index (χ4v) is 2.62. The smallest absolute Gasteiger partial charge is 0.312 e. The number of carbonyl (C=O) groups excluding carboxylic acids is 1. The average Bonchev–Trinajstić information content (AvgIpc) is 3.26. The number of rotatable bonds is 6. The molecule has 0 unspecified atom stereocenters. The number of hydrogen-bond donors (Lipinski definition) is 1. The lowest BCUT2D eigenvalue weighted by Crippen LogP contribution is -2.23. The number of hydrogen-bond acceptors (Lipinski definition) is 6. The van der Waals surface area contributed by atoms with Crippen molar-refractivity contribution >= 4 is 11.6 Å².